The Bertz CT molecular complexity index is 410. The zero-order valence-electron chi connectivity index (χ0n) is 13.2. The number of carbonyl (C=O) groups excluding carboxylic acids is 3. The lowest BCUT2D eigenvalue weighted by Gasteiger charge is -2.22. The summed E-state index contributed by atoms with van der Waals surface area (Å²) in [5.41, 5.74) is 0. The van der Waals surface area contributed by atoms with Crippen molar-refractivity contribution in [1.29, 1.82) is 0 Å². The van der Waals surface area contributed by atoms with Crippen LogP contribution in [0.5, 0.6) is 0 Å². The van der Waals surface area contributed by atoms with E-state index in [-0.39, 0.29) is 28.4 Å². The topological polar surface area (TPSA) is 66.5 Å². The van der Waals surface area contributed by atoms with Gasteiger partial charge in [0.1, 0.15) is 4.75 Å². The molecule has 0 aromatic heterocycles. The van der Waals surface area contributed by atoms with Gasteiger partial charge < -0.3 is 5.32 Å². The predicted molar refractivity (Wildman–Crippen MR) is 86.2 cm³/mol. The van der Waals surface area contributed by atoms with E-state index in [0.717, 1.165) is 25.7 Å². The molecule has 1 rings (SSSR count). The Balaban J connectivity index is 2.41. The van der Waals surface area contributed by atoms with Crippen molar-refractivity contribution in [2.75, 3.05) is 13.6 Å². The van der Waals surface area contributed by atoms with E-state index in [1.165, 1.54) is 4.90 Å². The molecule has 0 bridgehead atoms. The summed E-state index contributed by atoms with van der Waals surface area (Å²) in [6.45, 7) is 4.44. The number of hydrogen-bond acceptors (Lipinski definition) is 3. The Labute approximate surface area is 132 Å². The van der Waals surface area contributed by atoms with Gasteiger partial charge in [0.15, 0.2) is 0 Å². The molecule has 3 amide bonds. The molecule has 0 radical (unpaired) electrons. The zero-order valence-corrected chi connectivity index (χ0v) is 14.2. The Hall–Kier alpha value is -1.04. The highest BCUT2D eigenvalue weighted by Gasteiger charge is 2.49. The average Bonchev–Trinajstić information content (AvgIpc) is 2.74. The molecule has 1 aliphatic rings. The van der Waals surface area contributed by atoms with Crippen molar-refractivity contribution >= 4 is 30.4 Å². The number of rotatable bonds is 8. The van der Waals surface area contributed by atoms with Gasteiger partial charge in [0.2, 0.25) is 17.7 Å². The van der Waals surface area contributed by atoms with Crippen molar-refractivity contribution in [3.63, 3.8) is 0 Å². The van der Waals surface area contributed by atoms with Gasteiger partial charge in [-0.25, -0.2) is 0 Å². The quantitative estimate of drug-likeness (QED) is 0.410. The lowest BCUT2D eigenvalue weighted by Crippen LogP contribution is -2.39. The molecule has 0 aliphatic carbocycles. The monoisotopic (exact) mass is 315 g/mol. The molecule has 6 heteroatoms. The van der Waals surface area contributed by atoms with Gasteiger partial charge in [0.25, 0.3) is 0 Å². The molecule has 1 aliphatic heterocycles. The molecule has 21 heavy (non-hydrogen) atoms. The number of amides is 3. The number of nitrogens with one attached hydrogen (secondary N) is 1. The van der Waals surface area contributed by atoms with Gasteiger partial charge in [-0.05, 0) is 38.8 Å². The normalized spacial score (nSPS) is 21.5. The van der Waals surface area contributed by atoms with Crippen molar-refractivity contribution in [2.45, 2.75) is 57.1 Å². The Kier molecular flexibility index (Phi) is 6.71. The van der Waals surface area contributed by atoms with E-state index >= 15 is 0 Å². The third-order valence-corrected chi connectivity index (χ3v) is 5.01. The van der Waals surface area contributed by atoms with E-state index in [1.54, 1.807) is 7.05 Å². The van der Waals surface area contributed by atoms with Crippen LogP contribution in [0.2, 0.25) is 0 Å². The summed E-state index contributed by atoms with van der Waals surface area (Å²) in [5, 5.41) is 2.58. The molecular formula is C15H27N2O3S+. The number of likely N-dealkylation sites (tertiary alicyclic amines) is 1. The summed E-state index contributed by atoms with van der Waals surface area (Å²) in [5.74, 6) is -0.376. The number of hydrogen-bond donors (Lipinski definition) is 1. The summed E-state index contributed by atoms with van der Waals surface area (Å²) in [7, 11) is 1.62. The largest absolute Gasteiger partial charge is 0.359 e. The molecule has 1 saturated heterocycles. The number of imide groups is 1. The maximum Gasteiger partial charge on any atom is 0.238 e. The minimum absolute atomic E-state index is 0.0288. The van der Waals surface area contributed by atoms with Gasteiger partial charge in [0, 0.05) is 26.4 Å². The SMILES string of the molecule is CCC(C)([SH2+])C1CC(=O)N(CCCCCC(=O)NC)C1=O. The molecule has 1 fully saturated rings. The van der Waals surface area contributed by atoms with E-state index in [0.29, 0.717) is 19.4 Å². The summed E-state index contributed by atoms with van der Waals surface area (Å²) >= 11 is 3.63. The van der Waals surface area contributed by atoms with Gasteiger partial charge in [-0.3, -0.25) is 19.3 Å². The highest BCUT2D eigenvalue weighted by atomic mass is 32.1. The molecule has 0 saturated carbocycles. The van der Waals surface area contributed by atoms with Crippen molar-refractivity contribution in [2.24, 2.45) is 5.92 Å². The van der Waals surface area contributed by atoms with Crippen molar-refractivity contribution in [3.8, 4) is 0 Å². The fourth-order valence-electron chi connectivity index (χ4n) is 2.52. The van der Waals surface area contributed by atoms with Gasteiger partial charge in [-0.2, -0.15) is 0 Å². The first-order valence-corrected chi connectivity index (χ1v) is 8.13. The van der Waals surface area contributed by atoms with E-state index in [9.17, 15) is 14.4 Å². The van der Waals surface area contributed by atoms with Crippen LogP contribution >= 0.6 is 0 Å². The van der Waals surface area contributed by atoms with Crippen LogP contribution in [0.25, 0.3) is 0 Å². The molecule has 0 aromatic rings. The smallest absolute Gasteiger partial charge is 0.238 e. The first-order chi connectivity index (χ1) is 9.83. The van der Waals surface area contributed by atoms with E-state index in [2.05, 4.69) is 17.9 Å². The number of carbonyl (C=O) groups is 3. The summed E-state index contributed by atoms with van der Waals surface area (Å²) in [6, 6.07) is 0. The average molecular weight is 315 g/mol. The number of unbranched alkanes of at least 4 members (excludes halogenated alkanes) is 2. The molecule has 1 N–H and O–H groups in total. The first kappa shape index (κ1) is 18.0. The Morgan fingerprint density at radius 1 is 1.38 bits per heavy atom. The van der Waals surface area contributed by atoms with Crippen molar-refractivity contribution < 1.29 is 14.4 Å². The highest BCUT2D eigenvalue weighted by Crippen LogP contribution is 2.32. The molecule has 5 nitrogen and oxygen atoms in total. The second kappa shape index (κ2) is 7.82. The summed E-state index contributed by atoms with van der Waals surface area (Å²) in [4.78, 5) is 36.8. The lowest BCUT2D eigenvalue weighted by atomic mass is 9.89. The fraction of sp³-hybridized carbons (Fsp3) is 0.800. The van der Waals surface area contributed by atoms with E-state index in [4.69, 9.17) is 0 Å². The Morgan fingerprint density at radius 2 is 2.05 bits per heavy atom. The van der Waals surface area contributed by atoms with Gasteiger partial charge in [-0.1, -0.05) is 13.3 Å². The molecular weight excluding hydrogens is 288 g/mol. The second-order valence-electron chi connectivity index (χ2n) is 5.90. The maximum absolute atomic E-state index is 12.3. The minimum Gasteiger partial charge on any atom is -0.359 e. The van der Waals surface area contributed by atoms with Crippen LogP contribution in [0.4, 0.5) is 0 Å². The highest BCUT2D eigenvalue weighted by molar-refractivity contribution is 7.60. The number of nitrogens with zero attached hydrogens (tertiary/aromatic N) is 1. The van der Waals surface area contributed by atoms with Crippen LogP contribution in [-0.4, -0.2) is 41.0 Å². The van der Waals surface area contributed by atoms with Crippen LogP contribution < -0.4 is 5.32 Å². The van der Waals surface area contributed by atoms with Crippen LogP contribution in [0.1, 0.15) is 52.4 Å². The van der Waals surface area contributed by atoms with Gasteiger partial charge >= 0.3 is 0 Å². The molecule has 2 atom stereocenters. The van der Waals surface area contributed by atoms with Crippen LogP contribution in [-0.2, 0) is 27.0 Å². The Morgan fingerprint density at radius 3 is 2.62 bits per heavy atom. The lowest BCUT2D eigenvalue weighted by molar-refractivity contribution is -0.139. The van der Waals surface area contributed by atoms with E-state index < -0.39 is 0 Å². The molecule has 0 aromatic carbocycles. The van der Waals surface area contributed by atoms with Gasteiger partial charge in [0.05, 0.1) is 5.92 Å². The predicted octanol–water partition coefficient (Wildman–Crippen LogP) is 0.848. The van der Waals surface area contributed by atoms with Crippen molar-refractivity contribution in [3.05, 3.63) is 0 Å². The second-order valence-corrected chi connectivity index (χ2v) is 7.04. The molecule has 120 valence electrons. The molecule has 0 spiro atoms. The third kappa shape index (κ3) is 4.73. The summed E-state index contributed by atoms with van der Waals surface area (Å²) in [6.07, 6.45) is 3.97. The zero-order chi connectivity index (χ0) is 16.0. The third-order valence-electron chi connectivity index (χ3n) is 4.31. The standard InChI is InChI=1S/C15H26N2O3S/c1-4-15(2,21)11-10-13(19)17(14(11)20)9-7-5-6-8-12(18)16-3/h11,21H,4-10H2,1-3H3,(H,16,18)/p+1. The first-order valence-electron chi connectivity index (χ1n) is 7.63. The van der Waals surface area contributed by atoms with Crippen LogP contribution in [0.15, 0.2) is 0 Å². The van der Waals surface area contributed by atoms with Crippen LogP contribution in [0.3, 0.4) is 0 Å². The minimum atomic E-state index is -0.319. The molecule has 1 heterocycles. The van der Waals surface area contributed by atoms with Crippen LogP contribution in [0, 0.1) is 5.92 Å². The van der Waals surface area contributed by atoms with Gasteiger partial charge in [-0.15, -0.1) is 0 Å². The van der Waals surface area contributed by atoms with Crippen molar-refractivity contribution in [1.82, 2.24) is 10.2 Å². The maximum atomic E-state index is 12.3. The molecule has 2 unspecified atom stereocenters. The van der Waals surface area contributed by atoms with E-state index in [1.807, 2.05) is 13.8 Å². The fourth-order valence-corrected chi connectivity index (χ4v) is 2.75. The summed E-state index contributed by atoms with van der Waals surface area (Å²) < 4.78 is -0.319.